The van der Waals surface area contributed by atoms with Crippen LogP contribution in [0.2, 0.25) is 5.02 Å². The van der Waals surface area contributed by atoms with E-state index in [0.717, 1.165) is 48.5 Å². The van der Waals surface area contributed by atoms with Crippen molar-refractivity contribution in [1.82, 2.24) is 19.4 Å². The van der Waals surface area contributed by atoms with Crippen LogP contribution >= 0.6 is 23.4 Å². The quantitative estimate of drug-likeness (QED) is 0.544. The van der Waals surface area contributed by atoms with Gasteiger partial charge in [0.1, 0.15) is 5.69 Å². The molecule has 0 bridgehead atoms. The van der Waals surface area contributed by atoms with Gasteiger partial charge in [0.05, 0.1) is 6.20 Å². The number of rotatable bonds is 5. The topological polar surface area (TPSA) is 41.4 Å². The first-order chi connectivity index (χ1) is 14.7. The van der Waals surface area contributed by atoms with Crippen molar-refractivity contribution < 1.29 is 4.79 Å². The van der Waals surface area contributed by atoms with Crippen LogP contribution in [0, 0.1) is 0 Å². The van der Waals surface area contributed by atoms with Crippen LogP contribution in [0.4, 0.5) is 0 Å². The summed E-state index contributed by atoms with van der Waals surface area (Å²) in [6.45, 7) is 4.16. The summed E-state index contributed by atoms with van der Waals surface area (Å²) in [6.07, 6.45) is 4.64. The van der Waals surface area contributed by atoms with Gasteiger partial charge in [0.25, 0.3) is 5.91 Å². The second-order valence-corrected chi connectivity index (χ2v) is 8.56. The molecule has 2 heterocycles. The summed E-state index contributed by atoms with van der Waals surface area (Å²) in [5.74, 6) is 0.0417. The fraction of sp³-hybridized carbons (Fsp3) is 0.304. The molecule has 0 N–H and O–H groups in total. The molecule has 0 saturated carbocycles. The number of hydrogen-bond acceptors (Lipinski definition) is 4. The van der Waals surface area contributed by atoms with E-state index in [4.69, 9.17) is 11.6 Å². The first-order valence-electron chi connectivity index (χ1n) is 10.1. The molecule has 1 fully saturated rings. The second-order valence-electron chi connectivity index (χ2n) is 7.35. The Kier molecular flexibility index (Phi) is 6.77. The molecule has 5 nitrogen and oxygen atoms in total. The standard InChI is InChI=1S/C23H25ClN4OS/c1-30-23-25-16-21(28(23)20-6-3-2-4-7-20)22(29)27-13-5-12-26(14-15-27)17-18-8-10-19(24)11-9-18/h2-4,6-11,16H,5,12-15,17H2,1H3. The number of carbonyl (C=O) groups excluding carboxylic acids is 1. The molecule has 0 spiro atoms. The SMILES string of the molecule is CSc1ncc(C(=O)N2CCCN(Cc3ccc(Cl)cc3)CC2)n1-c1ccccc1. The summed E-state index contributed by atoms with van der Waals surface area (Å²) in [5, 5.41) is 1.58. The van der Waals surface area contributed by atoms with Gasteiger partial charge in [-0.05, 0) is 42.5 Å². The van der Waals surface area contributed by atoms with E-state index in [1.54, 1.807) is 18.0 Å². The molecular formula is C23H25ClN4OS. The first-order valence-corrected chi connectivity index (χ1v) is 11.7. The van der Waals surface area contributed by atoms with E-state index in [1.165, 1.54) is 5.56 Å². The maximum absolute atomic E-state index is 13.4. The van der Waals surface area contributed by atoms with Gasteiger partial charge in [-0.2, -0.15) is 0 Å². The number of amides is 1. The fourth-order valence-electron chi connectivity index (χ4n) is 3.80. The molecule has 1 saturated heterocycles. The number of thioether (sulfide) groups is 1. The Morgan fingerprint density at radius 1 is 1.03 bits per heavy atom. The highest BCUT2D eigenvalue weighted by atomic mass is 35.5. The number of aromatic nitrogens is 2. The molecule has 0 atom stereocenters. The average molecular weight is 441 g/mol. The van der Waals surface area contributed by atoms with Gasteiger partial charge in [0, 0.05) is 43.4 Å². The highest BCUT2D eigenvalue weighted by Crippen LogP contribution is 2.23. The van der Waals surface area contributed by atoms with Crippen LogP contribution in [0.5, 0.6) is 0 Å². The third-order valence-electron chi connectivity index (χ3n) is 5.34. The second kappa shape index (κ2) is 9.69. The van der Waals surface area contributed by atoms with Crippen LogP contribution < -0.4 is 0 Å². The summed E-state index contributed by atoms with van der Waals surface area (Å²) in [7, 11) is 0. The molecule has 4 rings (SSSR count). The number of imidazole rings is 1. The first kappa shape index (κ1) is 21.0. The minimum Gasteiger partial charge on any atom is -0.336 e. The lowest BCUT2D eigenvalue weighted by molar-refractivity contribution is 0.0752. The number of halogens is 1. The number of nitrogens with zero attached hydrogens (tertiary/aromatic N) is 4. The Morgan fingerprint density at radius 2 is 1.80 bits per heavy atom. The molecule has 0 radical (unpaired) electrons. The summed E-state index contributed by atoms with van der Waals surface area (Å²) in [6, 6.07) is 17.9. The Morgan fingerprint density at radius 3 is 2.53 bits per heavy atom. The van der Waals surface area contributed by atoms with Gasteiger partial charge in [-0.1, -0.05) is 53.7 Å². The van der Waals surface area contributed by atoms with E-state index >= 15 is 0 Å². The van der Waals surface area contributed by atoms with Crippen LogP contribution in [0.1, 0.15) is 22.5 Å². The molecule has 156 valence electrons. The summed E-state index contributed by atoms with van der Waals surface area (Å²) in [5.41, 5.74) is 2.82. The van der Waals surface area contributed by atoms with Crippen molar-refractivity contribution in [3.63, 3.8) is 0 Å². The molecule has 3 aromatic rings. The van der Waals surface area contributed by atoms with Crippen LogP contribution in [-0.4, -0.2) is 57.7 Å². The molecular weight excluding hydrogens is 416 g/mol. The van der Waals surface area contributed by atoms with E-state index in [9.17, 15) is 4.79 Å². The maximum Gasteiger partial charge on any atom is 0.272 e. The average Bonchev–Trinajstić information content (AvgIpc) is 3.08. The lowest BCUT2D eigenvalue weighted by atomic mass is 10.2. The van der Waals surface area contributed by atoms with Crippen molar-refractivity contribution in [2.75, 3.05) is 32.4 Å². The Balaban J connectivity index is 1.48. The zero-order valence-corrected chi connectivity index (χ0v) is 18.6. The number of carbonyl (C=O) groups is 1. The van der Waals surface area contributed by atoms with Gasteiger partial charge >= 0.3 is 0 Å². The molecule has 0 aliphatic carbocycles. The lowest BCUT2D eigenvalue weighted by Gasteiger charge is -2.22. The van der Waals surface area contributed by atoms with Gasteiger partial charge in [-0.25, -0.2) is 4.98 Å². The van der Waals surface area contributed by atoms with Crippen LogP contribution in [0.25, 0.3) is 5.69 Å². The monoisotopic (exact) mass is 440 g/mol. The van der Waals surface area contributed by atoms with Crippen LogP contribution in [-0.2, 0) is 6.54 Å². The third kappa shape index (κ3) is 4.72. The summed E-state index contributed by atoms with van der Waals surface area (Å²) >= 11 is 7.54. The Bertz CT molecular complexity index is 990. The molecule has 2 aromatic carbocycles. The van der Waals surface area contributed by atoms with Gasteiger partial charge < -0.3 is 4.90 Å². The van der Waals surface area contributed by atoms with Crippen molar-refractivity contribution in [3.8, 4) is 5.69 Å². The lowest BCUT2D eigenvalue weighted by Crippen LogP contribution is -2.36. The van der Waals surface area contributed by atoms with E-state index in [-0.39, 0.29) is 5.91 Å². The maximum atomic E-state index is 13.4. The van der Waals surface area contributed by atoms with Crippen molar-refractivity contribution in [1.29, 1.82) is 0 Å². The van der Waals surface area contributed by atoms with Crippen molar-refractivity contribution in [2.45, 2.75) is 18.1 Å². The van der Waals surface area contributed by atoms with Crippen molar-refractivity contribution in [2.24, 2.45) is 0 Å². The van der Waals surface area contributed by atoms with E-state index < -0.39 is 0 Å². The predicted octanol–water partition coefficient (Wildman–Crippen LogP) is 4.60. The van der Waals surface area contributed by atoms with Gasteiger partial charge in [-0.15, -0.1) is 0 Å². The molecule has 1 aliphatic rings. The molecule has 0 unspecified atom stereocenters. The van der Waals surface area contributed by atoms with E-state index in [1.807, 2.05) is 58.2 Å². The number of hydrogen-bond donors (Lipinski definition) is 0. The molecule has 1 aromatic heterocycles. The predicted molar refractivity (Wildman–Crippen MR) is 123 cm³/mol. The summed E-state index contributed by atoms with van der Waals surface area (Å²) in [4.78, 5) is 22.2. The van der Waals surface area contributed by atoms with Crippen molar-refractivity contribution in [3.05, 3.63) is 77.1 Å². The van der Waals surface area contributed by atoms with Gasteiger partial charge in [0.15, 0.2) is 5.16 Å². The normalized spacial score (nSPS) is 15.2. The zero-order valence-electron chi connectivity index (χ0n) is 17.0. The number of para-hydroxylation sites is 1. The highest BCUT2D eigenvalue weighted by Gasteiger charge is 2.25. The minimum atomic E-state index is 0.0417. The van der Waals surface area contributed by atoms with E-state index in [0.29, 0.717) is 12.2 Å². The summed E-state index contributed by atoms with van der Waals surface area (Å²) < 4.78 is 1.96. The molecule has 1 aliphatic heterocycles. The Hall–Kier alpha value is -2.28. The van der Waals surface area contributed by atoms with Gasteiger partial charge in [0.2, 0.25) is 0 Å². The number of benzene rings is 2. The van der Waals surface area contributed by atoms with Crippen molar-refractivity contribution >= 4 is 29.3 Å². The van der Waals surface area contributed by atoms with E-state index in [2.05, 4.69) is 22.0 Å². The molecule has 7 heteroatoms. The fourth-order valence-corrected chi connectivity index (χ4v) is 4.47. The van der Waals surface area contributed by atoms with Crippen LogP contribution in [0.3, 0.4) is 0 Å². The van der Waals surface area contributed by atoms with Crippen LogP contribution in [0.15, 0.2) is 66.0 Å². The largest absolute Gasteiger partial charge is 0.336 e. The Labute approximate surface area is 186 Å². The molecule has 30 heavy (non-hydrogen) atoms. The smallest absolute Gasteiger partial charge is 0.272 e. The van der Waals surface area contributed by atoms with Gasteiger partial charge in [-0.3, -0.25) is 14.3 Å². The highest BCUT2D eigenvalue weighted by molar-refractivity contribution is 7.98. The minimum absolute atomic E-state index is 0.0417. The molecule has 1 amide bonds. The zero-order chi connectivity index (χ0) is 20.9. The third-order valence-corrected chi connectivity index (χ3v) is 6.25.